The van der Waals surface area contributed by atoms with Gasteiger partial charge in [-0.2, -0.15) is 0 Å². The molecule has 6 nitrogen and oxygen atoms in total. The van der Waals surface area contributed by atoms with E-state index in [1.165, 1.54) is 6.92 Å². The first-order chi connectivity index (χ1) is 11.9. The molecule has 0 bridgehead atoms. The normalized spacial score (nSPS) is 12.4. The molecular formula is C19H31N3O3. The van der Waals surface area contributed by atoms with Crippen LogP contribution in [0.5, 0.6) is 5.75 Å². The Kier molecular flexibility index (Phi) is 8.41. The second kappa shape index (κ2) is 10.0. The van der Waals surface area contributed by atoms with Crippen molar-refractivity contribution in [3.05, 3.63) is 29.8 Å². The molecule has 0 heterocycles. The molecule has 6 heteroatoms. The molecule has 0 radical (unpaired) electrons. The Balaban J connectivity index is 3.01. The SMILES string of the molecule is CCOc1ccccc1C(CC(=O)NC(CC)(CC)CN)NC(C)=O. The van der Waals surface area contributed by atoms with Crippen molar-refractivity contribution in [3.63, 3.8) is 0 Å². The predicted octanol–water partition coefficient (Wildman–Crippen LogP) is 2.29. The number of ether oxygens (including phenoxy) is 1. The molecule has 2 amide bonds. The first-order valence-corrected chi connectivity index (χ1v) is 8.91. The van der Waals surface area contributed by atoms with Crippen LogP contribution in [0.4, 0.5) is 0 Å². The molecule has 140 valence electrons. The van der Waals surface area contributed by atoms with E-state index in [0.717, 1.165) is 18.4 Å². The number of nitrogens with two attached hydrogens (primary N) is 1. The molecule has 4 N–H and O–H groups in total. The molecule has 0 aliphatic rings. The minimum atomic E-state index is -0.454. The Morgan fingerprint density at radius 2 is 1.84 bits per heavy atom. The molecule has 0 spiro atoms. The monoisotopic (exact) mass is 349 g/mol. The summed E-state index contributed by atoms with van der Waals surface area (Å²) in [5, 5.41) is 5.90. The van der Waals surface area contributed by atoms with Gasteiger partial charge in [-0.1, -0.05) is 32.0 Å². The van der Waals surface area contributed by atoms with Crippen LogP contribution in [0.15, 0.2) is 24.3 Å². The van der Waals surface area contributed by atoms with E-state index in [1.54, 1.807) is 0 Å². The highest BCUT2D eigenvalue weighted by Gasteiger charge is 2.28. The average Bonchev–Trinajstić information content (AvgIpc) is 2.59. The maximum atomic E-state index is 12.6. The van der Waals surface area contributed by atoms with E-state index in [2.05, 4.69) is 10.6 Å². The topological polar surface area (TPSA) is 93.4 Å². The number of carbonyl (C=O) groups is 2. The van der Waals surface area contributed by atoms with Gasteiger partial charge in [0.25, 0.3) is 0 Å². The van der Waals surface area contributed by atoms with Crippen molar-refractivity contribution in [1.29, 1.82) is 0 Å². The molecule has 1 aromatic carbocycles. The van der Waals surface area contributed by atoms with Gasteiger partial charge in [-0.25, -0.2) is 0 Å². The van der Waals surface area contributed by atoms with E-state index in [-0.39, 0.29) is 18.2 Å². The third-order valence-corrected chi connectivity index (χ3v) is 4.51. The van der Waals surface area contributed by atoms with Gasteiger partial charge in [-0.05, 0) is 25.8 Å². The fourth-order valence-electron chi connectivity index (χ4n) is 2.84. The molecule has 0 aromatic heterocycles. The van der Waals surface area contributed by atoms with Crippen LogP contribution in [0.2, 0.25) is 0 Å². The maximum Gasteiger partial charge on any atom is 0.222 e. The van der Waals surface area contributed by atoms with E-state index in [1.807, 2.05) is 45.0 Å². The van der Waals surface area contributed by atoms with Crippen LogP contribution < -0.4 is 21.1 Å². The number of carbonyl (C=O) groups excluding carboxylic acids is 2. The summed E-state index contributed by atoms with van der Waals surface area (Å²) in [5.74, 6) is 0.340. The quantitative estimate of drug-likeness (QED) is 0.604. The molecule has 0 fully saturated rings. The molecule has 1 aromatic rings. The third kappa shape index (κ3) is 6.05. The Morgan fingerprint density at radius 1 is 1.20 bits per heavy atom. The average molecular weight is 349 g/mol. The second-order valence-electron chi connectivity index (χ2n) is 6.17. The van der Waals surface area contributed by atoms with Gasteiger partial charge >= 0.3 is 0 Å². The van der Waals surface area contributed by atoms with E-state index in [0.29, 0.717) is 18.9 Å². The lowest BCUT2D eigenvalue weighted by Gasteiger charge is -2.32. The Bertz CT molecular complexity index is 563. The number of amides is 2. The number of rotatable bonds is 10. The summed E-state index contributed by atoms with van der Waals surface area (Å²) >= 11 is 0. The van der Waals surface area contributed by atoms with Gasteiger partial charge in [0, 0.05) is 19.0 Å². The van der Waals surface area contributed by atoms with Crippen LogP contribution in [-0.2, 0) is 9.59 Å². The van der Waals surface area contributed by atoms with Crippen LogP contribution in [-0.4, -0.2) is 30.5 Å². The van der Waals surface area contributed by atoms with E-state index < -0.39 is 11.6 Å². The van der Waals surface area contributed by atoms with Gasteiger partial charge < -0.3 is 21.1 Å². The van der Waals surface area contributed by atoms with Gasteiger partial charge in [0.1, 0.15) is 5.75 Å². The standard InChI is InChI=1S/C19H31N3O3/c1-5-19(6-2,13-20)22-18(24)12-16(21-14(4)23)15-10-8-9-11-17(15)25-7-3/h8-11,16H,5-7,12-13,20H2,1-4H3,(H,21,23)(H,22,24). The maximum absolute atomic E-state index is 12.6. The number of hydrogen-bond donors (Lipinski definition) is 3. The zero-order chi connectivity index (χ0) is 18.9. The minimum Gasteiger partial charge on any atom is -0.494 e. The highest BCUT2D eigenvalue weighted by Crippen LogP contribution is 2.28. The number of para-hydroxylation sites is 1. The first kappa shape index (κ1) is 21.0. The highest BCUT2D eigenvalue weighted by atomic mass is 16.5. The van der Waals surface area contributed by atoms with Gasteiger partial charge in [0.2, 0.25) is 11.8 Å². The smallest absolute Gasteiger partial charge is 0.222 e. The van der Waals surface area contributed by atoms with Crippen LogP contribution in [0.3, 0.4) is 0 Å². The Labute approximate surface area is 150 Å². The summed E-state index contributed by atoms with van der Waals surface area (Å²) in [5.41, 5.74) is 6.25. The Morgan fingerprint density at radius 3 is 2.36 bits per heavy atom. The minimum absolute atomic E-state index is 0.130. The number of nitrogens with one attached hydrogen (secondary N) is 2. The molecule has 0 aliphatic heterocycles. The Hall–Kier alpha value is -2.08. The lowest BCUT2D eigenvalue weighted by molar-refractivity contribution is -0.124. The van der Waals surface area contributed by atoms with E-state index in [9.17, 15) is 9.59 Å². The highest BCUT2D eigenvalue weighted by molar-refractivity contribution is 5.80. The number of benzene rings is 1. The zero-order valence-electron chi connectivity index (χ0n) is 15.7. The van der Waals surface area contributed by atoms with Crippen LogP contribution in [0.25, 0.3) is 0 Å². The summed E-state index contributed by atoms with van der Waals surface area (Å²) in [7, 11) is 0. The number of hydrogen-bond acceptors (Lipinski definition) is 4. The summed E-state index contributed by atoms with van der Waals surface area (Å²) in [4.78, 5) is 24.2. The fourth-order valence-corrected chi connectivity index (χ4v) is 2.84. The molecular weight excluding hydrogens is 318 g/mol. The van der Waals surface area contributed by atoms with Crippen molar-refractivity contribution >= 4 is 11.8 Å². The van der Waals surface area contributed by atoms with Crippen molar-refractivity contribution in [1.82, 2.24) is 10.6 Å². The van der Waals surface area contributed by atoms with Gasteiger partial charge in [0.15, 0.2) is 0 Å². The summed E-state index contributed by atoms with van der Waals surface area (Å²) < 4.78 is 5.64. The largest absolute Gasteiger partial charge is 0.494 e. The van der Waals surface area contributed by atoms with Crippen molar-refractivity contribution in [2.24, 2.45) is 5.73 Å². The predicted molar refractivity (Wildman–Crippen MR) is 99.3 cm³/mol. The summed E-state index contributed by atoms with van der Waals surface area (Å²) in [6, 6.07) is 6.99. The van der Waals surface area contributed by atoms with Crippen molar-refractivity contribution in [3.8, 4) is 5.75 Å². The lowest BCUT2D eigenvalue weighted by Crippen LogP contribution is -2.53. The summed E-state index contributed by atoms with van der Waals surface area (Å²) in [6.07, 6.45) is 1.64. The first-order valence-electron chi connectivity index (χ1n) is 8.91. The fraction of sp³-hybridized carbons (Fsp3) is 0.579. The molecule has 1 atom stereocenters. The molecule has 0 aliphatic carbocycles. The molecule has 0 saturated heterocycles. The third-order valence-electron chi connectivity index (χ3n) is 4.51. The van der Waals surface area contributed by atoms with Gasteiger partial charge in [-0.15, -0.1) is 0 Å². The molecule has 25 heavy (non-hydrogen) atoms. The molecule has 1 unspecified atom stereocenters. The molecule has 0 saturated carbocycles. The molecule has 1 rings (SSSR count). The van der Waals surface area contributed by atoms with Crippen molar-refractivity contribution < 1.29 is 14.3 Å². The zero-order valence-corrected chi connectivity index (χ0v) is 15.7. The van der Waals surface area contributed by atoms with Gasteiger partial charge in [-0.3, -0.25) is 9.59 Å². The van der Waals surface area contributed by atoms with E-state index >= 15 is 0 Å². The van der Waals surface area contributed by atoms with Crippen molar-refractivity contribution in [2.45, 2.75) is 58.5 Å². The lowest BCUT2D eigenvalue weighted by atomic mass is 9.92. The van der Waals surface area contributed by atoms with E-state index in [4.69, 9.17) is 10.5 Å². The van der Waals surface area contributed by atoms with Gasteiger partial charge in [0.05, 0.1) is 24.6 Å². The van der Waals surface area contributed by atoms with Crippen LogP contribution in [0.1, 0.15) is 58.6 Å². The second-order valence-corrected chi connectivity index (χ2v) is 6.17. The van der Waals surface area contributed by atoms with Crippen molar-refractivity contribution in [2.75, 3.05) is 13.2 Å². The van der Waals surface area contributed by atoms with Crippen LogP contribution in [0, 0.1) is 0 Å². The summed E-state index contributed by atoms with van der Waals surface area (Å²) in [6.45, 7) is 8.24. The van der Waals surface area contributed by atoms with Crippen LogP contribution >= 0.6 is 0 Å².